The fourth-order valence-electron chi connectivity index (χ4n) is 2.52. The van der Waals surface area contributed by atoms with Crippen LogP contribution in [0.5, 0.6) is 11.5 Å². The molecule has 0 saturated heterocycles. The maximum Gasteiger partial charge on any atom is 0.188 e. The van der Waals surface area contributed by atoms with Crippen molar-refractivity contribution >= 4 is 37.3 Å². The van der Waals surface area contributed by atoms with Gasteiger partial charge in [-0.05, 0) is 33.1 Å². The van der Waals surface area contributed by atoms with Crippen molar-refractivity contribution in [2.24, 2.45) is 0 Å². The second kappa shape index (κ2) is 6.98. The second-order valence-corrected chi connectivity index (χ2v) is 7.11. The van der Waals surface area contributed by atoms with Crippen molar-refractivity contribution in [1.29, 1.82) is 0 Å². The van der Waals surface area contributed by atoms with Crippen molar-refractivity contribution in [2.45, 2.75) is 31.3 Å². The molecule has 110 valence electrons. The molecule has 3 nitrogen and oxygen atoms in total. The second-order valence-electron chi connectivity index (χ2n) is 4.74. The van der Waals surface area contributed by atoms with Crippen LogP contribution < -0.4 is 9.47 Å². The Morgan fingerprint density at radius 1 is 1.15 bits per heavy atom. The first-order chi connectivity index (χ1) is 9.58. The van der Waals surface area contributed by atoms with Crippen molar-refractivity contribution < 1.29 is 14.3 Å². The number of carbonyl (C=O) groups is 1. The standard InChI is InChI=1S/C14H17Cl2O3P/c1-18-12-9(15)7-10(16)13(19-2)11(12)14(17)20-8-5-3-4-6-8/h7-8,20H,3-6H2,1-2H3. The highest BCUT2D eigenvalue weighted by Gasteiger charge is 2.27. The molecule has 1 saturated carbocycles. The van der Waals surface area contributed by atoms with E-state index in [1.165, 1.54) is 33.1 Å². The summed E-state index contributed by atoms with van der Waals surface area (Å²) in [6.07, 6.45) is 4.64. The van der Waals surface area contributed by atoms with Crippen LogP contribution in [0.2, 0.25) is 10.0 Å². The van der Waals surface area contributed by atoms with Gasteiger partial charge in [0.25, 0.3) is 0 Å². The molecule has 0 spiro atoms. The van der Waals surface area contributed by atoms with Crippen molar-refractivity contribution in [3.8, 4) is 11.5 Å². The fourth-order valence-corrected chi connectivity index (χ4v) is 4.57. The summed E-state index contributed by atoms with van der Waals surface area (Å²) in [4.78, 5) is 12.6. The van der Waals surface area contributed by atoms with E-state index in [0.717, 1.165) is 12.8 Å². The van der Waals surface area contributed by atoms with E-state index in [4.69, 9.17) is 32.7 Å². The molecular weight excluding hydrogens is 318 g/mol. The van der Waals surface area contributed by atoms with Crippen molar-refractivity contribution in [2.75, 3.05) is 14.2 Å². The molecular formula is C14H17Cl2O3P. The quantitative estimate of drug-likeness (QED) is 0.727. The van der Waals surface area contributed by atoms with Crippen LogP contribution in [-0.4, -0.2) is 25.4 Å². The molecule has 6 heteroatoms. The van der Waals surface area contributed by atoms with Crippen LogP contribution in [0.1, 0.15) is 36.0 Å². The summed E-state index contributed by atoms with van der Waals surface area (Å²) in [6, 6.07) is 1.54. The zero-order valence-corrected chi connectivity index (χ0v) is 14.0. The lowest BCUT2D eigenvalue weighted by atomic mass is 10.2. The van der Waals surface area contributed by atoms with Gasteiger partial charge in [-0.1, -0.05) is 36.0 Å². The SMILES string of the molecule is COc1c(Cl)cc(Cl)c(OC)c1C(=O)PC1CCCC1. The predicted octanol–water partition coefficient (Wildman–Crippen LogP) is 4.77. The highest BCUT2D eigenvalue weighted by atomic mass is 35.5. The number of rotatable bonds is 5. The maximum atomic E-state index is 12.6. The number of carbonyl (C=O) groups excluding carboxylic acids is 1. The van der Waals surface area contributed by atoms with Crippen molar-refractivity contribution in [1.82, 2.24) is 0 Å². The van der Waals surface area contributed by atoms with Gasteiger partial charge < -0.3 is 9.47 Å². The normalized spacial score (nSPS) is 16.0. The average Bonchev–Trinajstić information content (AvgIpc) is 2.90. The summed E-state index contributed by atoms with van der Waals surface area (Å²) in [5, 5.41) is 0.663. The first kappa shape index (κ1) is 15.9. The van der Waals surface area contributed by atoms with Gasteiger partial charge in [0, 0.05) is 0 Å². The van der Waals surface area contributed by atoms with E-state index in [-0.39, 0.29) is 14.1 Å². The monoisotopic (exact) mass is 334 g/mol. The van der Waals surface area contributed by atoms with Crippen LogP contribution in [0.25, 0.3) is 0 Å². The van der Waals surface area contributed by atoms with Gasteiger partial charge in [0.1, 0.15) is 5.56 Å². The Morgan fingerprint density at radius 2 is 1.65 bits per heavy atom. The Balaban J connectivity index is 2.38. The zero-order chi connectivity index (χ0) is 14.7. The lowest BCUT2D eigenvalue weighted by Crippen LogP contribution is -2.05. The lowest BCUT2D eigenvalue weighted by molar-refractivity contribution is 0.107. The number of hydrogen-bond donors (Lipinski definition) is 0. The number of hydrogen-bond acceptors (Lipinski definition) is 3. The van der Waals surface area contributed by atoms with Gasteiger partial charge in [-0.25, -0.2) is 0 Å². The molecule has 20 heavy (non-hydrogen) atoms. The molecule has 0 radical (unpaired) electrons. The number of ether oxygens (including phenoxy) is 2. The average molecular weight is 335 g/mol. The third kappa shape index (κ3) is 3.21. The first-order valence-corrected chi connectivity index (χ1v) is 8.32. The Labute approximate surface area is 130 Å². The molecule has 1 aliphatic rings. The van der Waals surface area contributed by atoms with Crippen LogP contribution in [0, 0.1) is 0 Å². The minimum absolute atomic E-state index is 0.00926. The molecule has 1 aromatic carbocycles. The smallest absolute Gasteiger partial charge is 0.188 e. The number of methoxy groups -OCH3 is 2. The summed E-state index contributed by atoms with van der Waals surface area (Å²) in [6.45, 7) is 0. The molecule has 0 N–H and O–H groups in total. The van der Waals surface area contributed by atoms with E-state index in [1.54, 1.807) is 0 Å². The Kier molecular flexibility index (Phi) is 5.54. The highest BCUT2D eigenvalue weighted by molar-refractivity contribution is 7.59. The van der Waals surface area contributed by atoms with Crippen molar-refractivity contribution in [3.63, 3.8) is 0 Å². The Morgan fingerprint density at radius 3 is 2.10 bits per heavy atom. The molecule has 1 unspecified atom stereocenters. The number of halogens is 2. The van der Waals surface area contributed by atoms with Crippen LogP contribution in [0.4, 0.5) is 0 Å². The van der Waals surface area contributed by atoms with Crippen LogP contribution in [-0.2, 0) is 0 Å². The van der Waals surface area contributed by atoms with Crippen molar-refractivity contribution in [3.05, 3.63) is 21.7 Å². The summed E-state index contributed by atoms with van der Waals surface area (Å²) in [5.74, 6) is 0.701. The lowest BCUT2D eigenvalue weighted by Gasteiger charge is -2.16. The Hall–Kier alpha value is -0.500. The first-order valence-electron chi connectivity index (χ1n) is 6.49. The van der Waals surface area contributed by atoms with Gasteiger partial charge in [0.05, 0.1) is 24.3 Å². The van der Waals surface area contributed by atoms with Crippen LogP contribution in [0.3, 0.4) is 0 Å². The van der Waals surface area contributed by atoms with Crippen LogP contribution >= 0.6 is 31.8 Å². The molecule has 0 heterocycles. The molecule has 1 fully saturated rings. The van der Waals surface area contributed by atoms with E-state index in [9.17, 15) is 4.79 Å². The summed E-state index contributed by atoms with van der Waals surface area (Å²) in [5.41, 5.74) is 0.849. The van der Waals surface area contributed by atoms with Gasteiger partial charge in [0.2, 0.25) is 0 Å². The van der Waals surface area contributed by atoms with E-state index < -0.39 is 0 Å². The van der Waals surface area contributed by atoms with E-state index in [0.29, 0.717) is 32.8 Å². The summed E-state index contributed by atoms with van der Waals surface area (Å²) >= 11 is 12.2. The third-order valence-corrected chi connectivity index (χ3v) is 5.53. The Bertz CT molecular complexity index is 485. The molecule has 0 aliphatic heterocycles. The molecule has 0 aromatic heterocycles. The largest absolute Gasteiger partial charge is 0.494 e. The predicted molar refractivity (Wildman–Crippen MR) is 84.5 cm³/mol. The molecule has 0 amide bonds. The minimum Gasteiger partial charge on any atom is -0.494 e. The van der Waals surface area contributed by atoms with Crippen LogP contribution in [0.15, 0.2) is 6.07 Å². The van der Waals surface area contributed by atoms with Gasteiger partial charge >= 0.3 is 0 Å². The summed E-state index contributed by atoms with van der Waals surface area (Å²) in [7, 11) is 3.19. The van der Waals surface area contributed by atoms with Gasteiger partial charge in [-0.2, -0.15) is 0 Å². The fraction of sp³-hybridized carbons (Fsp3) is 0.500. The van der Waals surface area contributed by atoms with E-state index >= 15 is 0 Å². The molecule has 1 aromatic rings. The number of benzene rings is 1. The van der Waals surface area contributed by atoms with Gasteiger partial charge in [-0.3, -0.25) is 4.79 Å². The van der Waals surface area contributed by atoms with Gasteiger partial charge in [0.15, 0.2) is 17.0 Å². The highest BCUT2D eigenvalue weighted by Crippen LogP contribution is 2.46. The van der Waals surface area contributed by atoms with E-state index in [2.05, 4.69) is 0 Å². The minimum atomic E-state index is 0.00926. The zero-order valence-electron chi connectivity index (χ0n) is 11.5. The molecule has 1 atom stereocenters. The molecule has 2 rings (SSSR count). The summed E-state index contributed by atoms with van der Waals surface area (Å²) < 4.78 is 10.5. The third-order valence-electron chi connectivity index (χ3n) is 3.47. The van der Waals surface area contributed by atoms with E-state index in [1.807, 2.05) is 0 Å². The molecule has 1 aliphatic carbocycles. The van der Waals surface area contributed by atoms with Gasteiger partial charge in [-0.15, -0.1) is 0 Å². The molecule has 0 bridgehead atoms. The topological polar surface area (TPSA) is 35.5 Å². The maximum absolute atomic E-state index is 12.6.